The van der Waals surface area contributed by atoms with Crippen molar-refractivity contribution >= 4 is 17.5 Å². The Morgan fingerprint density at radius 2 is 2.06 bits per heavy atom. The summed E-state index contributed by atoms with van der Waals surface area (Å²) in [7, 11) is 0. The van der Waals surface area contributed by atoms with Crippen molar-refractivity contribution in [2.45, 2.75) is 13.3 Å². The van der Waals surface area contributed by atoms with Crippen LogP contribution in [0, 0.1) is 6.92 Å². The zero-order valence-electron chi connectivity index (χ0n) is 9.84. The molecule has 2 rings (SSSR count). The van der Waals surface area contributed by atoms with E-state index >= 15 is 0 Å². The summed E-state index contributed by atoms with van der Waals surface area (Å²) in [5.74, 6) is -2.01. The van der Waals surface area contributed by atoms with Crippen LogP contribution in [0.4, 0.5) is 0 Å². The molecule has 0 fully saturated rings. The molecule has 1 aromatic heterocycles. The number of hydrogen-bond donors (Lipinski definition) is 3. The molecule has 98 valence electrons. The van der Waals surface area contributed by atoms with Gasteiger partial charge in [0, 0.05) is 19.0 Å². The number of carboxylic acid groups (broad SMARTS) is 2. The van der Waals surface area contributed by atoms with E-state index in [0.29, 0.717) is 0 Å². The first-order valence-electron chi connectivity index (χ1n) is 5.29. The monoisotopic (exact) mass is 254 g/mol. The van der Waals surface area contributed by atoms with E-state index in [4.69, 9.17) is 24.2 Å². The fraction of sp³-hybridized carbons (Fsp3) is 0.364. The molecule has 0 spiro atoms. The van der Waals surface area contributed by atoms with Crippen LogP contribution >= 0.6 is 0 Å². The van der Waals surface area contributed by atoms with E-state index < -0.39 is 11.9 Å². The number of nitrogens with zero attached hydrogens (tertiary/aromatic N) is 1. The molecule has 0 aromatic carbocycles. The quantitative estimate of drug-likeness (QED) is 0.626. The summed E-state index contributed by atoms with van der Waals surface area (Å²) in [5.41, 5.74) is 1.22. The molecule has 0 radical (unpaired) electrons. The number of carbonyl (C=O) groups is 2. The van der Waals surface area contributed by atoms with Gasteiger partial charge in [-0.3, -0.25) is 0 Å². The third kappa shape index (κ3) is 4.38. The average molecular weight is 254 g/mol. The van der Waals surface area contributed by atoms with Crippen molar-refractivity contribution in [1.82, 2.24) is 10.3 Å². The summed E-state index contributed by atoms with van der Waals surface area (Å²) < 4.78 is 5.40. The highest BCUT2D eigenvalue weighted by atomic mass is 16.4. The van der Waals surface area contributed by atoms with Gasteiger partial charge in [0.15, 0.2) is 11.7 Å². The molecule has 1 aromatic rings. The minimum absolute atomic E-state index is 0.733. The van der Waals surface area contributed by atoms with Gasteiger partial charge in [0.1, 0.15) is 0 Å². The van der Waals surface area contributed by atoms with E-state index in [1.165, 1.54) is 5.57 Å². The largest absolute Gasteiger partial charge is 0.473 e. The van der Waals surface area contributed by atoms with E-state index in [1.54, 1.807) is 6.20 Å². The van der Waals surface area contributed by atoms with Crippen LogP contribution in [0.2, 0.25) is 0 Å². The lowest BCUT2D eigenvalue weighted by atomic mass is 10.1. The van der Waals surface area contributed by atoms with Gasteiger partial charge in [-0.25, -0.2) is 14.6 Å². The Labute approximate surface area is 103 Å². The number of oxazole rings is 1. The summed E-state index contributed by atoms with van der Waals surface area (Å²) >= 11 is 0. The molecule has 0 aliphatic carbocycles. The molecule has 0 atom stereocenters. The maximum atomic E-state index is 9.10. The first-order chi connectivity index (χ1) is 8.50. The number of aromatic nitrogens is 1. The lowest BCUT2D eigenvalue weighted by molar-refractivity contribution is -0.159. The van der Waals surface area contributed by atoms with Crippen LogP contribution < -0.4 is 5.32 Å². The zero-order valence-corrected chi connectivity index (χ0v) is 9.84. The Hall–Kier alpha value is -2.15. The van der Waals surface area contributed by atoms with Crippen molar-refractivity contribution in [2.24, 2.45) is 0 Å². The fourth-order valence-corrected chi connectivity index (χ4v) is 1.34. The number of carboxylic acids is 2. The van der Waals surface area contributed by atoms with Gasteiger partial charge < -0.3 is 19.9 Å². The van der Waals surface area contributed by atoms with Crippen molar-refractivity contribution in [1.29, 1.82) is 0 Å². The number of nitrogens with one attached hydrogen (secondary N) is 1. The second kappa shape index (κ2) is 6.55. The average Bonchev–Trinajstić information content (AvgIpc) is 2.78. The molecule has 1 aliphatic rings. The predicted octanol–water partition coefficient (Wildman–Crippen LogP) is 0.515. The van der Waals surface area contributed by atoms with Gasteiger partial charge in [-0.05, 0) is 13.0 Å². The number of hydrogen-bond acceptors (Lipinski definition) is 5. The Morgan fingerprint density at radius 1 is 1.39 bits per heavy atom. The molecule has 0 unspecified atom stereocenters. The first kappa shape index (κ1) is 13.9. The topological polar surface area (TPSA) is 113 Å². The van der Waals surface area contributed by atoms with Gasteiger partial charge in [-0.15, -0.1) is 0 Å². The Kier molecular flexibility index (Phi) is 5.06. The van der Waals surface area contributed by atoms with Crippen LogP contribution in [0.1, 0.15) is 18.1 Å². The Bertz CT molecular complexity index is 452. The summed E-state index contributed by atoms with van der Waals surface area (Å²) in [4.78, 5) is 22.3. The molecule has 0 saturated carbocycles. The van der Waals surface area contributed by atoms with Crippen molar-refractivity contribution in [3.63, 3.8) is 0 Å². The smallest absolute Gasteiger partial charge is 0.414 e. The summed E-state index contributed by atoms with van der Waals surface area (Å²) in [5, 5.41) is 18.1. The van der Waals surface area contributed by atoms with Crippen LogP contribution in [-0.4, -0.2) is 40.2 Å². The molecule has 1 aliphatic heterocycles. The summed E-state index contributed by atoms with van der Waals surface area (Å²) in [6.07, 6.45) is 5.07. The molecular weight excluding hydrogens is 240 g/mol. The highest BCUT2D eigenvalue weighted by molar-refractivity contribution is 6.27. The highest BCUT2D eigenvalue weighted by Gasteiger charge is 2.08. The van der Waals surface area contributed by atoms with Gasteiger partial charge in [-0.1, -0.05) is 6.08 Å². The summed E-state index contributed by atoms with van der Waals surface area (Å²) in [6, 6.07) is 0. The van der Waals surface area contributed by atoms with E-state index in [2.05, 4.69) is 16.4 Å². The van der Waals surface area contributed by atoms with Crippen LogP contribution in [-0.2, 0) is 9.59 Å². The molecule has 7 heteroatoms. The first-order valence-corrected chi connectivity index (χ1v) is 5.29. The van der Waals surface area contributed by atoms with Crippen molar-refractivity contribution in [3.8, 4) is 0 Å². The van der Waals surface area contributed by atoms with Crippen molar-refractivity contribution in [3.05, 3.63) is 23.9 Å². The van der Waals surface area contributed by atoms with E-state index in [9.17, 15) is 0 Å². The normalized spacial score (nSPS) is 14.2. The molecular formula is C11H14N2O5. The Balaban J connectivity index is 0.000000232. The molecule has 3 N–H and O–H groups in total. The molecule has 0 bridgehead atoms. The minimum atomic E-state index is -1.82. The maximum Gasteiger partial charge on any atom is 0.414 e. The SMILES string of the molecule is Cc1ncc(C2=CCCNC2)o1.O=C(O)C(=O)O. The van der Waals surface area contributed by atoms with Crippen LogP contribution in [0.3, 0.4) is 0 Å². The van der Waals surface area contributed by atoms with E-state index in [-0.39, 0.29) is 0 Å². The molecule has 18 heavy (non-hydrogen) atoms. The minimum Gasteiger partial charge on any atom is -0.473 e. The van der Waals surface area contributed by atoms with Gasteiger partial charge in [0.05, 0.1) is 6.20 Å². The van der Waals surface area contributed by atoms with Gasteiger partial charge in [-0.2, -0.15) is 0 Å². The van der Waals surface area contributed by atoms with E-state index in [1.807, 2.05) is 6.92 Å². The molecule has 2 heterocycles. The van der Waals surface area contributed by atoms with Gasteiger partial charge >= 0.3 is 11.9 Å². The van der Waals surface area contributed by atoms with Crippen molar-refractivity contribution < 1.29 is 24.2 Å². The fourth-order valence-electron chi connectivity index (χ4n) is 1.34. The predicted molar refractivity (Wildman–Crippen MR) is 62.0 cm³/mol. The third-order valence-corrected chi connectivity index (χ3v) is 2.15. The maximum absolute atomic E-state index is 9.10. The standard InChI is InChI=1S/C9H12N2O.C2H2O4/c1-7-11-6-9(12-7)8-3-2-4-10-5-8;3-1(4)2(5)6/h3,6,10H,2,4-5H2,1H3;(H,3,4)(H,5,6). The Morgan fingerprint density at radius 3 is 2.44 bits per heavy atom. The lowest BCUT2D eigenvalue weighted by Gasteiger charge is -2.10. The highest BCUT2D eigenvalue weighted by Crippen LogP contribution is 2.16. The lowest BCUT2D eigenvalue weighted by Crippen LogP contribution is -2.21. The van der Waals surface area contributed by atoms with E-state index in [0.717, 1.165) is 31.2 Å². The number of rotatable bonds is 1. The van der Waals surface area contributed by atoms with Crippen molar-refractivity contribution in [2.75, 3.05) is 13.1 Å². The third-order valence-electron chi connectivity index (χ3n) is 2.15. The second-order valence-corrected chi connectivity index (χ2v) is 3.55. The second-order valence-electron chi connectivity index (χ2n) is 3.55. The van der Waals surface area contributed by atoms with Crippen LogP contribution in [0.25, 0.3) is 5.57 Å². The molecule has 7 nitrogen and oxygen atoms in total. The van der Waals surface area contributed by atoms with Gasteiger partial charge in [0.25, 0.3) is 0 Å². The number of aliphatic carboxylic acids is 2. The van der Waals surface area contributed by atoms with Crippen LogP contribution in [0.5, 0.6) is 0 Å². The van der Waals surface area contributed by atoms with Gasteiger partial charge in [0.2, 0.25) is 0 Å². The molecule has 0 amide bonds. The zero-order chi connectivity index (χ0) is 13.5. The van der Waals surface area contributed by atoms with Crippen LogP contribution in [0.15, 0.2) is 16.7 Å². The molecule has 0 saturated heterocycles. The number of aryl methyl sites for hydroxylation is 1. The summed E-state index contributed by atoms with van der Waals surface area (Å²) in [6.45, 7) is 3.82.